The Kier molecular flexibility index (Phi) is 3.99. The van der Waals surface area contributed by atoms with Crippen molar-refractivity contribution in [3.63, 3.8) is 0 Å². The van der Waals surface area contributed by atoms with Crippen LogP contribution < -0.4 is 11.1 Å². The van der Waals surface area contributed by atoms with E-state index >= 15 is 0 Å². The number of hydrogen-bond acceptors (Lipinski definition) is 6. The van der Waals surface area contributed by atoms with E-state index in [-0.39, 0.29) is 22.8 Å². The lowest BCUT2D eigenvalue weighted by atomic mass is 9.67. The first kappa shape index (κ1) is 17.5. The molecular formula is C19H19N3O4. The van der Waals surface area contributed by atoms with Crippen molar-refractivity contribution in [2.24, 2.45) is 5.73 Å². The van der Waals surface area contributed by atoms with Crippen molar-refractivity contribution in [2.75, 3.05) is 5.32 Å². The van der Waals surface area contributed by atoms with Crippen molar-refractivity contribution in [3.05, 3.63) is 52.1 Å². The molecule has 134 valence electrons. The average Bonchev–Trinajstić information content (AvgIpc) is 2.80. The van der Waals surface area contributed by atoms with Gasteiger partial charge in [-0.25, -0.2) is 4.79 Å². The number of carbonyl (C=O) groups is 2. The summed E-state index contributed by atoms with van der Waals surface area (Å²) in [7, 11) is 0. The van der Waals surface area contributed by atoms with Gasteiger partial charge in [0, 0.05) is 11.3 Å². The number of nitrogens with zero attached hydrogens (tertiary/aromatic N) is 1. The Labute approximate surface area is 151 Å². The second-order valence-corrected chi connectivity index (χ2v) is 6.54. The topological polar surface area (TPSA) is 114 Å². The second-order valence-electron chi connectivity index (χ2n) is 6.54. The van der Waals surface area contributed by atoms with Crippen LogP contribution in [-0.4, -0.2) is 18.0 Å². The van der Waals surface area contributed by atoms with Crippen LogP contribution in [0.1, 0.15) is 31.9 Å². The number of carbonyl (C=O) groups excluding carboxylic acids is 2. The predicted octanol–water partition coefficient (Wildman–Crippen LogP) is 2.13. The molecule has 0 fully saturated rings. The Balaban J connectivity index is 2.40. The largest absolute Gasteiger partial charge is 0.459 e. The first-order valence-corrected chi connectivity index (χ1v) is 8.17. The third-order valence-electron chi connectivity index (χ3n) is 4.51. The number of rotatable bonds is 2. The van der Waals surface area contributed by atoms with E-state index in [1.54, 1.807) is 26.0 Å². The van der Waals surface area contributed by atoms with E-state index in [2.05, 4.69) is 5.32 Å². The zero-order valence-electron chi connectivity index (χ0n) is 15.0. The van der Waals surface area contributed by atoms with Gasteiger partial charge in [0.05, 0.1) is 6.10 Å². The van der Waals surface area contributed by atoms with Gasteiger partial charge in [-0.15, -0.1) is 0 Å². The molecule has 1 amide bonds. The summed E-state index contributed by atoms with van der Waals surface area (Å²) in [5.41, 5.74) is 5.89. The fraction of sp³-hybridized carbons (Fsp3) is 0.316. The molecule has 1 spiro atoms. The van der Waals surface area contributed by atoms with Crippen molar-refractivity contribution in [2.45, 2.75) is 39.2 Å². The summed E-state index contributed by atoms with van der Waals surface area (Å²) >= 11 is 0. The molecule has 0 bridgehead atoms. The van der Waals surface area contributed by atoms with Gasteiger partial charge in [0.25, 0.3) is 0 Å². The Morgan fingerprint density at radius 1 is 1.38 bits per heavy atom. The zero-order valence-corrected chi connectivity index (χ0v) is 15.0. The lowest BCUT2D eigenvalue weighted by Gasteiger charge is -2.34. The number of anilines is 1. The van der Waals surface area contributed by atoms with Gasteiger partial charge in [0.15, 0.2) is 5.41 Å². The maximum atomic E-state index is 13.2. The van der Waals surface area contributed by atoms with E-state index in [4.69, 9.17) is 15.2 Å². The minimum atomic E-state index is -1.69. The molecule has 26 heavy (non-hydrogen) atoms. The van der Waals surface area contributed by atoms with Gasteiger partial charge in [-0.05, 0) is 39.3 Å². The van der Waals surface area contributed by atoms with Crippen LogP contribution >= 0.6 is 0 Å². The summed E-state index contributed by atoms with van der Waals surface area (Å²) in [5.74, 6) is -1.31. The first-order chi connectivity index (χ1) is 12.2. The minimum absolute atomic E-state index is 0.0255. The summed E-state index contributed by atoms with van der Waals surface area (Å²) in [6.07, 6.45) is -0.408. The highest BCUT2D eigenvalue weighted by Crippen LogP contribution is 2.53. The molecular weight excluding hydrogens is 334 g/mol. The lowest BCUT2D eigenvalue weighted by molar-refractivity contribution is -0.144. The van der Waals surface area contributed by atoms with E-state index in [0.717, 1.165) is 5.56 Å². The highest BCUT2D eigenvalue weighted by Gasteiger charge is 2.60. The van der Waals surface area contributed by atoms with E-state index in [9.17, 15) is 14.9 Å². The molecule has 0 saturated carbocycles. The number of nitriles is 1. The molecule has 1 aromatic rings. The number of nitrogens with one attached hydrogen (secondary N) is 1. The van der Waals surface area contributed by atoms with Crippen LogP contribution in [0.15, 0.2) is 41.0 Å². The number of aryl methyl sites for hydroxylation is 1. The molecule has 0 radical (unpaired) electrons. The van der Waals surface area contributed by atoms with Crippen molar-refractivity contribution in [1.82, 2.24) is 0 Å². The number of fused-ring (bicyclic) bond motifs is 2. The fourth-order valence-corrected chi connectivity index (χ4v) is 3.63. The Morgan fingerprint density at radius 3 is 2.69 bits per heavy atom. The molecule has 2 aliphatic heterocycles. The molecule has 7 heteroatoms. The zero-order chi connectivity index (χ0) is 19.2. The van der Waals surface area contributed by atoms with Gasteiger partial charge < -0.3 is 20.5 Å². The maximum Gasteiger partial charge on any atom is 0.339 e. The third-order valence-corrected chi connectivity index (χ3v) is 4.51. The lowest BCUT2D eigenvalue weighted by Crippen LogP contribution is -2.46. The summed E-state index contributed by atoms with van der Waals surface area (Å²) in [4.78, 5) is 26.1. The van der Waals surface area contributed by atoms with E-state index < -0.39 is 23.4 Å². The van der Waals surface area contributed by atoms with Crippen LogP contribution in [0.4, 0.5) is 5.69 Å². The maximum absolute atomic E-state index is 13.2. The molecule has 2 aliphatic rings. The molecule has 0 aromatic heterocycles. The molecule has 3 rings (SSSR count). The average molecular weight is 353 g/mol. The number of hydrogen-bond donors (Lipinski definition) is 2. The number of nitrogens with two attached hydrogens (primary N) is 1. The van der Waals surface area contributed by atoms with Gasteiger partial charge in [-0.2, -0.15) is 5.26 Å². The Bertz CT molecular complexity index is 937. The van der Waals surface area contributed by atoms with Crippen LogP contribution in [0.3, 0.4) is 0 Å². The summed E-state index contributed by atoms with van der Waals surface area (Å²) in [5, 5.41) is 12.5. The number of allylic oxidation sites excluding steroid dienone is 1. The van der Waals surface area contributed by atoms with Gasteiger partial charge >= 0.3 is 5.97 Å². The molecule has 0 aliphatic carbocycles. The van der Waals surface area contributed by atoms with Crippen molar-refractivity contribution in [1.29, 1.82) is 5.26 Å². The fourth-order valence-electron chi connectivity index (χ4n) is 3.63. The van der Waals surface area contributed by atoms with Gasteiger partial charge in [-0.1, -0.05) is 12.1 Å². The third kappa shape index (κ3) is 2.19. The molecule has 1 atom stereocenters. The highest BCUT2D eigenvalue weighted by atomic mass is 16.5. The Hall–Kier alpha value is -3.27. The summed E-state index contributed by atoms with van der Waals surface area (Å²) in [6.45, 7) is 6.74. The molecule has 2 heterocycles. The smallest absolute Gasteiger partial charge is 0.339 e. The van der Waals surface area contributed by atoms with E-state index in [1.807, 2.05) is 19.1 Å². The van der Waals surface area contributed by atoms with Crippen molar-refractivity contribution in [3.8, 4) is 6.07 Å². The normalized spacial score (nSPS) is 21.5. The molecule has 0 unspecified atom stereocenters. The van der Waals surface area contributed by atoms with Crippen LogP contribution in [0.25, 0.3) is 0 Å². The molecule has 0 saturated heterocycles. The number of benzene rings is 1. The summed E-state index contributed by atoms with van der Waals surface area (Å²) in [6, 6.07) is 7.28. The van der Waals surface area contributed by atoms with Crippen LogP contribution in [0, 0.1) is 18.3 Å². The quantitative estimate of drug-likeness (QED) is 0.787. The van der Waals surface area contributed by atoms with Crippen LogP contribution in [0.5, 0.6) is 0 Å². The number of esters is 1. The van der Waals surface area contributed by atoms with Gasteiger partial charge in [0.1, 0.15) is 23.0 Å². The van der Waals surface area contributed by atoms with E-state index in [0.29, 0.717) is 11.3 Å². The Morgan fingerprint density at radius 2 is 2.08 bits per heavy atom. The van der Waals surface area contributed by atoms with Crippen LogP contribution in [0.2, 0.25) is 0 Å². The second kappa shape index (κ2) is 5.92. The molecule has 1 aromatic carbocycles. The number of amides is 1. The monoisotopic (exact) mass is 353 g/mol. The van der Waals surface area contributed by atoms with Gasteiger partial charge in [0.2, 0.25) is 11.8 Å². The first-order valence-electron chi connectivity index (χ1n) is 8.17. The highest BCUT2D eigenvalue weighted by molar-refractivity contribution is 6.17. The summed E-state index contributed by atoms with van der Waals surface area (Å²) < 4.78 is 10.8. The van der Waals surface area contributed by atoms with Crippen molar-refractivity contribution >= 4 is 17.6 Å². The SMILES string of the molecule is CC1=C(C(=O)OC(C)C)[C@]2(C(=O)Nc3cccc(C)c32)C(C#N)=C(N)O1. The number of ether oxygens (including phenoxy) is 2. The predicted molar refractivity (Wildman–Crippen MR) is 93.3 cm³/mol. The van der Waals surface area contributed by atoms with Crippen molar-refractivity contribution < 1.29 is 19.1 Å². The molecule has 3 N–H and O–H groups in total. The van der Waals surface area contributed by atoms with Gasteiger partial charge in [-0.3, -0.25) is 4.79 Å². The molecule has 7 nitrogen and oxygen atoms in total. The van der Waals surface area contributed by atoms with Crippen LogP contribution in [-0.2, 0) is 24.5 Å². The minimum Gasteiger partial charge on any atom is -0.459 e. The standard InChI is InChI=1S/C19H19N3O4/c1-9(2)25-17(23)15-11(4)26-16(21)12(8-20)19(15)14-10(3)6-5-7-13(14)22-18(19)24/h5-7,9H,21H2,1-4H3,(H,22,24)/t19-/m0/s1. The van der Waals surface area contributed by atoms with E-state index in [1.165, 1.54) is 6.92 Å².